The summed E-state index contributed by atoms with van der Waals surface area (Å²) >= 11 is 0. The molecule has 1 amide bonds. The number of ether oxygens (including phenoxy) is 2. The minimum Gasteiger partial charge on any atom is -0.487 e. The van der Waals surface area contributed by atoms with Gasteiger partial charge in [0.2, 0.25) is 0 Å². The normalized spacial score (nSPS) is 15.4. The quantitative estimate of drug-likeness (QED) is 0.796. The number of nitrogens with one attached hydrogen (secondary N) is 1. The summed E-state index contributed by atoms with van der Waals surface area (Å²) in [4.78, 5) is 13.9. The molecule has 0 unspecified atom stereocenters. The highest BCUT2D eigenvalue weighted by Gasteiger charge is 2.31. The van der Waals surface area contributed by atoms with E-state index in [2.05, 4.69) is 37.4 Å². The topological polar surface area (TPSA) is 50.8 Å². The molecular formula is C20H32N2O3. The van der Waals surface area contributed by atoms with Crippen molar-refractivity contribution in [2.24, 2.45) is 0 Å². The molecular weight excluding hydrogens is 316 g/mol. The number of benzene rings is 1. The van der Waals surface area contributed by atoms with E-state index in [4.69, 9.17) is 9.47 Å². The predicted molar refractivity (Wildman–Crippen MR) is 100 cm³/mol. The zero-order chi connectivity index (χ0) is 18.7. The minimum atomic E-state index is -0.466. The molecule has 25 heavy (non-hydrogen) atoms. The molecule has 2 rings (SSSR count). The highest BCUT2D eigenvalue weighted by atomic mass is 16.6. The molecule has 1 aliphatic rings. The number of carbonyl (C=O) groups is 1. The smallest absolute Gasteiger partial charge is 0.410 e. The van der Waals surface area contributed by atoms with E-state index in [9.17, 15) is 4.79 Å². The number of likely N-dealkylation sites (N-methyl/N-ethyl adjacent to an activating group) is 1. The largest absolute Gasteiger partial charge is 0.487 e. The third-order valence-electron chi connectivity index (χ3n) is 4.08. The summed E-state index contributed by atoms with van der Waals surface area (Å²) in [6, 6.07) is 6.31. The Labute approximate surface area is 151 Å². The van der Waals surface area contributed by atoms with Gasteiger partial charge in [-0.2, -0.15) is 0 Å². The first kappa shape index (κ1) is 19.6. The predicted octanol–water partition coefficient (Wildman–Crippen LogP) is 3.75. The summed E-state index contributed by atoms with van der Waals surface area (Å²) in [5.41, 5.74) is 1.84. The van der Waals surface area contributed by atoms with Crippen LogP contribution >= 0.6 is 0 Å². The average Bonchev–Trinajstić information content (AvgIpc) is 2.80. The van der Waals surface area contributed by atoms with Gasteiger partial charge in [0.15, 0.2) is 0 Å². The molecule has 0 saturated carbocycles. The Morgan fingerprint density at radius 1 is 1.36 bits per heavy atom. The highest BCUT2D eigenvalue weighted by Crippen LogP contribution is 2.37. The van der Waals surface area contributed by atoms with Gasteiger partial charge in [0, 0.05) is 38.2 Å². The fraction of sp³-hybridized carbons (Fsp3) is 0.650. The lowest BCUT2D eigenvalue weighted by Crippen LogP contribution is -2.40. The number of hydrogen-bond donors (Lipinski definition) is 1. The van der Waals surface area contributed by atoms with Gasteiger partial charge in [0.05, 0.1) is 0 Å². The SMILES string of the molecule is CCN(CCNCc1cccc2c1OC(C)(C)C2)C(=O)OC(C)(C)C. The van der Waals surface area contributed by atoms with Crippen LogP contribution in [-0.2, 0) is 17.7 Å². The van der Waals surface area contributed by atoms with Gasteiger partial charge < -0.3 is 19.7 Å². The van der Waals surface area contributed by atoms with Gasteiger partial charge in [-0.15, -0.1) is 0 Å². The molecule has 0 spiro atoms. The van der Waals surface area contributed by atoms with Crippen molar-refractivity contribution in [1.82, 2.24) is 10.2 Å². The summed E-state index contributed by atoms with van der Waals surface area (Å²) in [6.45, 7) is 14.5. The van der Waals surface area contributed by atoms with E-state index >= 15 is 0 Å². The molecule has 140 valence electrons. The van der Waals surface area contributed by atoms with Crippen LogP contribution in [0.4, 0.5) is 4.79 Å². The minimum absolute atomic E-state index is 0.131. The van der Waals surface area contributed by atoms with Crippen LogP contribution in [0.15, 0.2) is 18.2 Å². The van der Waals surface area contributed by atoms with Gasteiger partial charge in [-0.1, -0.05) is 18.2 Å². The lowest BCUT2D eigenvalue weighted by molar-refractivity contribution is 0.0262. The van der Waals surface area contributed by atoms with Crippen molar-refractivity contribution in [2.75, 3.05) is 19.6 Å². The van der Waals surface area contributed by atoms with Gasteiger partial charge in [0.25, 0.3) is 0 Å². The number of nitrogens with zero attached hydrogens (tertiary/aromatic N) is 1. The Kier molecular flexibility index (Phi) is 5.99. The van der Waals surface area contributed by atoms with Crippen LogP contribution in [0.1, 0.15) is 52.7 Å². The van der Waals surface area contributed by atoms with E-state index < -0.39 is 5.60 Å². The van der Waals surface area contributed by atoms with E-state index in [1.165, 1.54) is 11.1 Å². The van der Waals surface area contributed by atoms with E-state index in [1.807, 2.05) is 27.7 Å². The van der Waals surface area contributed by atoms with E-state index in [0.717, 1.165) is 18.7 Å². The van der Waals surface area contributed by atoms with Crippen molar-refractivity contribution < 1.29 is 14.3 Å². The summed E-state index contributed by atoms with van der Waals surface area (Å²) < 4.78 is 11.5. The number of amides is 1. The van der Waals surface area contributed by atoms with Crippen molar-refractivity contribution >= 4 is 6.09 Å². The molecule has 0 aliphatic carbocycles. The van der Waals surface area contributed by atoms with Crippen molar-refractivity contribution in [3.8, 4) is 5.75 Å². The molecule has 0 fully saturated rings. The Morgan fingerprint density at radius 3 is 2.72 bits per heavy atom. The molecule has 0 atom stereocenters. The van der Waals surface area contributed by atoms with Crippen LogP contribution in [0, 0.1) is 0 Å². The molecule has 0 bridgehead atoms. The Bertz CT molecular complexity index is 605. The highest BCUT2D eigenvalue weighted by molar-refractivity contribution is 5.68. The third kappa shape index (κ3) is 5.63. The number of para-hydroxylation sites is 1. The molecule has 1 aromatic carbocycles. The van der Waals surface area contributed by atoms with Crippen molar-refractivity contribution in [1.29, 1.82) is 0 Å². The first-order chi connectivity index (χ1) is 11.6. The molecule has 0 aromatic heterocycles. The zero-order valence-electron chi connectivity index (χ0n) is 16.4. The number of fused-ring (bicyclic) bond motifs is 1. The lowest BCUT2D eigenvalue weighted by atomic mass is 10.0. The van der Waals surface area contributed by atoms with Crippen LogP contribution in [0.25, 0.3) is 0 Å². The molecule has 5 heteroatoms. The molecule has 1 heterocycles. The summed E-state index contributed by atoms with van der Waals surface area (Å²) in [7, 11) is 0. The average molecular weight is 348 g/mol. The maximum Gasteiger partial charge on any atom is 0.410 e. The molecule has 0 radical (unpaired) electrons. The molecule has 1 aromatic rings. The third-order valence-corrected chi connectivity index (χ3v) is 4.08. The summed E-state index contributed by atoms with van der Waals surface area (Å²) in [5, 5.41) is 3.41. The molecule has 1 aliphatic heterocycles. The van der Waals surface area contributed by atoms with Gasteiger partial charge in [-0.05, 0) is 47.1 Å². The maximum absolute atomic E-state index is 12.1. The Balaban J connectivity index is 1.84. The number of hydrogen-bond acceptors (Lipinski definition) is 4. The van der Waals surface area contributed by atoms with Gasteiger partial charge in [0.1, 0.15) is 17.0 Å². The standard InChI is InChI=1S/C20H32N2O3/c1-7-22(18(23)25-19(2,3)4)12-11-21-14-16-10-8-9-15-13-20(5,6)24-17(15)16/h8-10,21H,7,11-14H2,1-6H3. The van der Waals surface area contributed by atoms with Gasteiger partial charge in [-0.25, -0.2) is 4.79 Å². The first-order valence-electron chi connectivity index (χ1n) is 9.10. The summed E-state index contributed by atoms with van der Waals surface area (Å²) in [5.74, 6) is 1.01. The fourth-order valence-corrected chi connectivity index (χ4v) is 2.96. The van der Waals surface area contributed by atoms with E-state index in [-0.39, 0.29) is 11.7 Å². The maximum atomic E-state index is 12.1. The zero-order valence-corrected chi connectivity index (χ0v) is 16.4. The monoisotopic (exact) mass is 348 g/mol. The molecule has 1 N–H and O–H groups in total. The van der Waals surface area contributed by atoms with E-state index in [0.29, 0.717) is 19.6 Å². The van der Waals surface area contributed by atoms with Crippen LogP contribution in [0.3, 0.4) is 0 Å². The number of carbonyl (C=O) groups excluding carboxylic acids is 1. The second-order valence-corrected chi connectivity index (χ2v) is 8.18. The Morgan fingerprint density at radius 2 is 2.08 bits per heavy atom. The van der Waals surface area contributed by atoms with Gasteiger partial charge in [-0.3, -0.25) is 0 Å². The summed E-state index contributed by atoms with van der Waals surface area (Å²) in [6.07, 6.45) is 0.681. The molecule has 5 nitrogen and oxygen atoms in total. The second kappa shape index (κ2) is 7.65. The van der Waals surface area contributed by atoms with Crippen molar-refractivity contribution in [2.45, 2.75) is 65.7 Å². The van der Waals surface area contributed by atoms with Gasteiger partial charge >= 0.3 is 6.09 Å². The second-order valence-electron chi connectivity index (χ2n) is 8.18. The molecule has 0 saturated heterocycles. The van der Waals surface area contributed by atoms with Crippen LogP contribution in [0.5, 0.6) is 5.75 Å². The van der Waals surface area contributed by atoms with Crippen LogP contribution in [-0.4, -0.2) is 41.8 Å². The lowest BCUT2D eigenvalue weighted by Gasteiger charge is -2.26. The van der Waals surface area contributed by atoms with Crippen LogP contribution in [0.2, 0.25) is 0 Å². The first-order valence-corrected chi connectivity index (χ1v) is 9.10. The Hall–Kier alpha value is -1.75. The van der Waals surface area contributed by atoms with Crippen LogP contribution < -0.4 is 10.1 Å². The number of rotatable bonds is 6. The van der Waals surface area contributed by atoms with Crippen molar-refractivity contribution in [3.63, 3.8) is 0 Å². The van der Waals surface area contributed by atoms with Crippen molar-refractivity contribution in [3.05, 3.63) is 29.3 Å². The van der Waals surface area contributed by atoms with E-state index in [1.54, 1.807) is 4.90 Å². The fourth-order valence-electron chi connectivity index (χ4n) is 2.96.